The van der Waals surface area contributed by atoms with E-state index in [9.17, 15) is 0 Å². The van der Waals surface area contributed by atoms with Crippen molar-refractivity contribution < 1.29 is 0 Å². The monoisotopic (exact) mass is 344 g/mol. The normalized spacial score (nSPS) is 8.91. The average molecular weight is 345 g/mol. The number of benzene rings is 3. The highest BCUT2D eigenvalue weighted by Crippen LogP contribution is 2.05. The van der Waals surface area contributed by atoms with Crippen LogP contribution in [-0.2, 0) is 0 Å². The number of hydrogen-bond donors (Lipinski definition) is 3. The molecule has 0 spiro atoms. The largest absolute Gasteiger partial charge is 0.143 e. The molecule has 114 valence electrons. The first-order valence-electron chi connectivity index (χ1n) is 6.81. The third-order valence-electron chi connectivity index (χ3n) is 2.55. The maximum atomic E-state index is 4.13. The predicted molar refractivity (Wildman–Crippen MR) is 106 cm³/mol. The molecular weight excluding hydrogens is 324 g/mol. The smallest absolute Gasteiger partial charge is 0.00401 e. The number of hydrogen-bond acceptors (Lipinski definition) is 3. The summed E-state index contributed by atoms with van der Waals surface area (Å²) >= 11 is 12.3. The zero-order valence-corrected chi connectivity index (χ0v) is 15.1. The third kappa shape index (κ3) is 9.61. The minimum absolute atomic E-state index is 1.02. The Balaban J connectivity index is 0.000000166. The molecule has 0 heterocycles. The molecule has 0 aromatic heterocycles. The topological polar surface area (TPSA) is 0 Å². The van der Waals surface area contributed by atoms with Crippen molar-refractivity contribution in [2.45, 2.75) is 21.6 Å². The molecule has 0 unspecified atom stereocenters. The highest BCUT2D eigenvalue weighted by atomic mass is 32.1. The maximum Gasteiger partial charge on any atom is 0.00401 e. The van der Waals surface area contributed by atoms with E-state index in [1.807, 2.05) is 84.9 Å². The highest BCUT2D eigenvalue weighted by molar-refractivity contribution is 7.80. The summed E-state index contributed by atoms with van der Waals surface area (Å²) in [7, 11) is 0. The highest BCUT2D eigenvalue weighted by Gasteiger charge is 1.80. The third-order valence-corrected chi connectivity index (χ3v) is 3.44. The minimum Gasteiger partial charge on any atom is -0.143 e. The van der Waals surface area contributed by atoms with Crippen molar-refractivity contribution in [3.63, 3.8) is 0 Å². The van der Waals surface area contributed by atoms with Crippen LogP contribution in [0.5, 0.6) is 0 Å². The van der Waals surface area contributed by atoms with E-state index in [2.05, 4.69) is 44.8 Å². The van der Waals surface area contributed by atoms with Crippen molar-refractivity contribution in [1.29, 1.82) is 0 Å². The van der Waals surface area contributed by atoms with Gasteiger partial charge in [0.2, 0.25) is 0 Å². The molecule has 0 aliphatic rings. The summed E-state index contributed by atoms with van der Waals surface area (Å²) in [4.78, 5) is 3.06. The zero-order valence-electron chi connectivity index (χ0n) is 12.4. The van der Waals surface area contributed by atoms with E-state index < -0.39 is 0 Å². The Morgan fingerprint density at radius 2 is 0.773 bits per heavy atom. The standard InChI is InChI=1S/C7H8S.2C6H6S/c1-6-2-4-7(8)5-3-6;2*7-6-4-2-1-3-5-6/h2-5,8H,1H3;2*1-5,7H. The van der Waals surface area contributed by atoms with Crippen molar-refractivity contribution in [3.05, 3.63) is 90.5 Å². The Morgan fingerprint density at radius 3 is 1.00 bits per heavy atom. The first kappa shape index (κ1) is 18.8. The molecule has 0 fully saturated rings. The molecule has 0 bridgehead atoms. The lowest BCUT2D eigenvalue weighted by molar-refractivity contribution is 1.39. The van der Waals surface area contributed by atoms with Crippen LogP contribution >= 0.6 is 37.9 Å². The van der Waals surface area contributed by atoms with Crippen molar-refractivity contribution >= 4 is 37.9 Å². The van der Waals surface area contributed by atoms with Gasteiger partial charge < -0.3 is 0 Å². The lowest BCUT2D eigenvalue weighted by Crippen LogP contribution is -1.67. The quantitative estimate of drug-likeness (QED) is 0.395. The fourth-order valence-electron chi connectivity index (χ4n) is 1.40. The van der Waals surface area contributed by atoms with Gasteiger partial charge in [0.15, 0.2) is 0 Å². The van der Waals surface area contributed by atoms with Gasteiger partial charge in [0.1, 0.15) is 0 Å². The van der Waals surface area contributed by atoms with E-state index in [0.717, 1.165) is 14.7 Å². The van der Waals surface area contributed by atoms with Gasteiger partial charge in [-0.05, 0) is 43.3 Å². The first-order valence-corrected chi connectivity index (χ1v) is 8.16. The van der Waals surface area contributed by atoms with Crippen LogP contribution in [0.2, 0.25) is 0 Å². The van der Waals surface area contributed by atoms with Gasteiger partial charge in [0.05, 0.1) is 0 Å². The molecule has 0 aliphatic heterocycles. The molecule has 0 nitrogen and oxygen atoms in total. The van der Waals surface area contributed by atoms with Crippen molar-refractivity contribution in [2.24, 2.45) is 0 Å². The molecule has 3 aromatic carbocycles. The Kier molecular flexibility index (Phi) is 9.64. The molecule has 0 N–H and O–H groups in total. The molecule has 3 aromatic rings. The molecule has 0 atom stereocenters. The van der Waals surface area contributed by atoms with Crippen LogP contribution in [0, 0.1) is 6.92 Å². The van der Waals surface area contributed by atoms with Gasteiger partial charge in [-0.25, -0.2) is 0 Å². The van der Waals surface area contributed by atoms with Crippen molar-refractivity contribution in [2.75, 3.05) is 0 Å². The first-order chi connectivity index (χ1) is 10.6. The van der Waals surface area contributed by atoms with E-state index in [1.165, 1.54) is 5.56 Å². The van der Waals surface area contributed by atoms with Gasteiger partial charge in [-0.2, -0.15) is 0 Å². The summed E-state index contributed by atoms with van der Waals surface area (Å²) in [5.74, 6) is 0. The van der Waals surface area contributed by atoms with Gasteiger partial charge in [-0.15, -0.1) is 37.9 Å². The Labute approximate surface area is 149 Å². The van der Waals surface area contributed by atoms with E-state index in [0.29, 0.717) is 0 Å². The fourth-order valence-corrected chi connectivity index (χ4v) is 1.89. The van der Waals surface area contributed by atoms with E-state index in [-0.39, 0.29) is 0 Å². The second kappa shape index (κ2) is 11.3. The van der Waals surface area contributed by atoms with Gasteiger partial charge in [0, 0.05) is 14.7 Å². The van der Waals surface area contributed by atoms with Crippen LogP contribution in [0.15, 0.2) is 99.6 Å². The Bertz CT molecular complexity index is 561. The molecular formula is C19H20S3. The van der Waals surface area contributed by atoms with Crippen LogP contribution < -0.4 is 0 Å². The van der Waals surface area contributed by atoms with Gasteiger partial charge in [-0.1, -0.05) is 54.1 Å². The van der Waals surface area contributed by atoms with Gasteiger partial charge in [-0.3, -0.25) is 0 Å². The molecule has 3 heteroatoms. The lowest BCUT2D eigenvalue weighted by atomic mass is 10.2. The second-order valence-electron chi connectivity index (χ2n) is 4.51. The summed E-state index contributed by atoms with van der Waals surface area (Å²) in [6.07, 6.45) is 0. The lowest BCUT2D eigenvalue weighted by Gasteiger charge is -1.89. The Morgan fingerprint density at radius 1 is 0.455 bits per heavy atom. The van der Waals surface area contributed by atoms with E-state index >= 15 is 0 Å². The fraction of sp³-hybridized carbons (Fsp3) is 0.0526. The van der Waals surface area contributed by atoms with Crippen LogP contribution in [0.4, 0.5) is 0 Å². The summed E-state index contributed by atoms with van der Waals surface area (Å²) in [5, 5.41) is 0. The summed E-state index contributed by atoms with van der Waals surface area (Å²) in [6.45, 7) is 2.06. The predicted octanol–water partition coefficient (Wildman–Crippen LogP) is 6.23. The summed E-state index contributed by atoms with van der Waals surface area (Å²) in [6, 6.07) is 27.6. The van der Waals surface area contributed by atoms with Crippen molar-refractivity contribution in [1.82, 2.24) is 0 Å². The van der Waals surface area contributed by atoms with Crippen LogP contribution in [0.1, 0.15) is 5.56 Å². The zero-order chi connectivity index (χ0) is 16.2. The molecule has 0 radical (unpaired) electrons. The molecule has 0 saturated heterocycles. The van der Waals surface area contributed by atoms with Gasteiger partial charge in [0.25, 0.3) is 0 Å². The molecule has 22 heavy (non-hydrogen) atoms. The molecule has 0 amide bonds. The summed E-state index contributed by atoms with van der Waals surface area (Å²) in [5.41, 5.74) is 1.28. The molecule has 0 aliphatic carbocycles. The van der Waals surface area contributed by atoms with Crippen molar-refractivity contribution in [3.8, 4) is 0 Å². The number of rotatable bonds is 0. The number of thiol groups is 3. The molecule has 3 rings (SSSR count). The minimum atomic E-state index is 1.02. The number of aryl methyl sites for hydroxylation is 1. The Hall–Kier alpha value is -1.29. The SMILES string of the molecule is Cc1ccc(S)cc1.Sc1ccccc1.Sc1ccccc1. The van der Waals surface area contributed by atoms with Crippen LogP contribution in [-0.4, -0.2) is 0 Å². The second-order valence-corrected chi connectivity index (χ2v) is 6.06. The van der Waals surface area contributed by atoms with E-state index in [4.69, 9.17) is 0 Å². The summed E-state index contributed by atoms with van der Waals surface area (Å²) < 4.78 is 0. The maximum absolute atomic E-state index is 4.13. The van der Waals surface area contributed by atoms with E-state index in [1.54, 1.807) is 0 Å². The van der Waals surface area contributed by atoms with Crippen LogP contribution in [0.25, 0.3) is 0 Å². The van der Waals surface area contributed by atoms with Crippen LogP contribution in [0.3, 0.4) is 0 Å². The average Bonchev–Trinajstić information content (AvgIpc) is 2.53. The molecule has 0 saturated carbocycles. The van der Waals surface area contributed by atoms with Gasteiger partial charge >= 0.3 is 0 Å².